The number of hydrogen-bond acceptors (Lipinski definition) is 2. The minimum absolute atomic E-state index is 0.456. The van der Waals surface area contributed by atoms with Crippen LogP contribution in [-0.2, 0) is 11.2 Å². The summed E-state index contributed by atoms with van der Waals surface area (Å²) < 4.78 is 5.85. The number of hydrogen-bond donors (Lipinski definition) is 1. The Labute approximate surface area is 117 Å². The lowest BCUT2D eigenvalue weighted by Gasteiger charge is -2.27. The smallest absolute Gasteiger partial charge is 0.0590 e. The van der Waals surface area contributed by atoms with Gasteiger partial charge in [0, 0.05) is 12.6 Å². The number of aryl methyl sites for hydroxylation is 2. The van der Waals surface area contributed by atoms with E-state index in [1.54, 1.807) is 0 Å². The van der Waals surface area contributed by atoms with Crippen LogP contribution in [0.25, 0.3) is 0 Å². The van der Waals surface area contributed by atoms with Crippen molar-refractivity contribution >= 4 is 0 Å². The van der Waals surface area contributed by atoms with Crippen molar-refractivity contribution in [2.45, 2.75) is 58.1 Å². The van der Waals surface area contributed by atoms with Crippen LogP contribution in [0.4, 0.5) is 0 Å². The molecule has 1 fully saturated rings. The molecule has 0 aliphatic carbocycles. The van der Waals surface area contributed by atoms with Crippen LogP contribution in [0.15, 0.2) is 18.2 Å². The van der Waals surface area contributed by atoms with E-state index < -0.39 is 0 Å². The van der Waals surface area contributed by atoms with Gasteiger partial charge in [-0.25, -0.2) is 0 Å². The normalized spacial score (nSPS) is 21.3. The Morgan fingerprint density at radius 3 is 2.74 bits per heavy atom. The van der Waals surface area contributed by atoms with Gasteiger partial charge < -0.3 is 10.1 Å². The maximum atomic E-state index is 5.85. The van der Waals surface area contributed by atoms with E-state index in [2.05, 4.69) is 44.4 Å². The van der Waals surface area contributed by atoms with Crippen molar-refractivity contribution < 1.29 is 4.74 Å². The monoisotopic (exact) mass is 261 g/mol. The van der Waals surface area contributed by atoms with Gasteiger partial charge in [0.25, 0.3) is 0 Å². The zero-order chi connectivity index (χ0) is 13.7. The van der Waals surface area contributed by atoms with E-state index in [4.69, 9.17) is 4.74 Å². The summed E-state index contributed by atoms with van der Waals surface area (Å²) in [7, 11) is 2.06. The van der Waals surface area contributed by atoms with Gasteiger partial charge in [-0.15, -0.1) is 0 Å². The molecule has 2 heteroatoms. The Morgan fingerprint density at radius 1 is 1.26 bits per heavy atom. The molecule has 1 saturated heterocycles. The van der Waals surface area contributed by atoms with Crippen molar-refractivity contribution in [1.82, 2.24) is 5.32 Å². The number of nitrogens with one attached hydrogen (secondary N) is 1. The van der Waals surface area contributed by atoms with Gasteiger partial charge >= 0.3 is 0 Å². The highest BCUT2D eigenvalue weighted by molar-refractivity contribution is 5.30. The highest BCUT2D eigenvalue weighted by atomic mass is 16.5. The Bertz CT molecular complexity index is 396. The average molecular weight is 261 g/mol. The van der Waals surface area contributed by atoms with Crippen molar-refractivity contribution in [3.8, 4) is 0 Å². The number of rotatable bonds is 5. The first kappa shape index (κ1) is 14.5. The first-order valence-electron chi connectivity index (χ1n) is 7.54. The molecule has 2 nitrogen and oxygen atoms in total. The zero-order valence-electron chi connectivity index (χ0n) is 12.5. The van der Waals surface area contributed by atoms with Crippen LogP contribution >= 0.6 is 0 Å². The summed E-state index contributed by atoms with van der Waals surface area (Å²) >= 11 is 0. The standard InChI is InChI=1S/C17H27NO/c1-13-7-8-15(10-14(13)2)11-16(18-3)12-17-6-4-5-9-19-17/h7-8,10,16-18H,4-6,9,11-12H2,1-3H3. The van der Waals surface area contributed by atoms with E-state index in [0.717, 1.165) is 19.4 Å². The van der Waals surface area contributed by atoms with E-state index in [1.807, 2.05) is 0 Å². The minimum Gasteiger partial charge on any atom is -0.378 e. The predicted octanol–water partition coefficient (Wildman–Crippen LogP) is 3.39. The fourth-order valence-corrected chi connectivity index (χ4v) is 2.83. The van der Waals surface area contributed by atoms with Gasteiger partial charge in [0.15, 0.2) is 0 Å². The van der Waals surface area contributed by atoms with E-state index in [0.29, 0.717) is 12.1 Å². The molecule has 1 aliphatic rings. The molecule has 1 heterocycles. The SMILES string of the molecule is CNC(Cc1ccc(C)c(C)c1)CC1CCCCO1. The molecule has 0 radical (unpaired) electrons. The van der Waals surface area contributed by atoms with Gasteiger partial charge in [0.1, 0.15) is 0 Å². The molecule has 0 amide bonds. The van der Waals surface area contributed by atoms with Gasteiger partial charge in [0.05, 0.1) is 6.10 Å². The molecule has 0 bridgehead atoms. The molecule has 106 valence electrons. The third-order valence-corrected chi connectivity index (χ3v) is 4.28. The molecule has 1 aromatic rings. The molecule has 1 aromatic carbocycles. The van der Waals surface area contributed by atoms with Gasteiger partial charge in [-0.05, 0) is 69.7 Å². The molecule has 0 spiro atoms. The highest BCUT2D eigenvalue weighted by Gasteiger charge is 2.18. The van der Waals surface area contributed by atoms with Crippen molar-refractivity contribution in [2.24, 2.45) is 0 Å². The maximum absolute atomic E-state index is 5.85. The quantitative estimate of drug-likeness (QED) is 0.877. The van der Waals surface area contributed by atoms with Crippen LogP contribution in [0.2, 0.25) is 0 Å². The highest BCUT2D eigenvalue weighted by Crippen LogP contribution is 2.19. The van der Waals surface area contributed by atoms with Gasteiger partial charge in [-0.3, -0.25) is 0 Å². The topological polar surface area (TPSA) is 21.3 Å². The molecule has 19 heavy (non-hydrogen) atoms. The average Bonchev–Trinajstić information content (AvgIpc) is 2.43. The number of likely N-dealkylation sites (N-methyl/N-ethyl adjacent to an activating group) is 1. The summed E-state index contributed by atoms with van der Waals surface area (Å²) in [5.41, 5.74) is 4.19. The molecular weight excluding hydrogens is 234 g/mol. The summed E-state index contributed by atoms with van der Waals surface area (Å²) in [6.45, 7) is 5.31. The summed E-state index contributed by atoms with van der Waals surface area (Å²) in [5.74, 6) is 0. The molecular formula is C17H27NO. The van der Waals surface area contributed by atoms with Crippen LogP contribution in [0, 0.1) is 13.8 Å². The lowest BCUT2D eigenvalue weighted by molar-refractivity contribution is 0.00569. The first-order valence-corrected chi connectivity index (χ1v) is 7.54. The Morgan fingerprint density at radius 2 is 2.11 bits per heavy atom. The van der Waals surface area contributed by atoms with Gasteiger partial charge in [0.2, 0.25) is 0 Å². The van der Waals surface area contributed by atoms with Crippen molar-refractivity contribution in [2.75, 3.05) is 13.7 Å². The predicted molar refractivity (Wildman–Crippen MR) is 80.7 cm³/mol. The summed E-state index contributed by atoms with van der Waals surface area (Å²) in [4.78, 5) is 0. The third-order valence-electron chi connectivity index (χ3n) is 4.28. The minimum atomic E-state index is 0.456. The lowest BCUT2D eigenvalue weighted by atomic mass is 9.95. The van der Waals surface area contributed by atoms with E-state index in [9.17, 15) is 0 Å². The van der Waals surface area contributed by atoms with Crippen LogP contribution in [0.3, 0.4) is 0 Å². The molecule has 2 atom stereocenters. The molecule has 2 rings (SSSR count). The van der Waals surface area contributed by atoms with Crippen LogP contribution < -0.4 is 5.32 Å². The van der Waals surface area contributed by atoms with Crippen LogP contribution in [0.5, 0.6) is 0 Å². The Hall–Kier alpha value is -0.860. The van der Waals surface area contributed by atoms with Gasteiger partial charge in [-0.2, -0.15) is 0 Å². The first-order chi connectivity index (χ1) is 9.19. The third kappa shape index (κ3) is 4.32. The van der Waals surface area contributed by atoms with E-state index >= 15 is 0 Å². The summed E-state index contributed by atoms with van der Waals surface area (Å²) in [6.07, 6.45) is 6.46. The number of benzene rings is 1. The summed E-state index contributed by atoms with van der Waals surface area (Å²) in [6, 6.07) is 7.33. The summed E-state index contributed by atoms with van der Waals surface area (Å²) in [5, 5.41) is 3.45. The number of ether oxygens (including phenoxy) is 1. The van der Waals surface area contributed by atoms with E-state index in [1.165, 1.54) is 36.0 Å². The second kappa shape index (κ2) is 7.06. The zero-order valence-corrected chi connectivity index (χ0v) is 12.5. The largest absolute Gasteiger partial charge is 0.378 e. The molecule has 2 unspecified atom stereocenters. The lowest BCUT2D eigenvalue weighted by Crippen LogP contribution is -2.34. The Balaban J connectivity index is 1.92. The maximum Gasteiger partial charge on any atom is 0.0590 e. The van der Waals surface area contributed by atoms with Crippen molar-refractivity contribution in [3.05, 3.63) is 34.9 Å². The van der Waals surface area contributed by atoms with Crippen molar-refractivity contribution in [3.63, 3.8) is 0 Å². The van der Waals surface area contributed by atoms with Crippen LogP contribution in [-0.4, -0.2) is 25.8 Å². The molecule has 0 aromatic heterocycles. The van der Waals surface area contributed by atoms with Crippen LogP contribution in [0.1, 0.15) is 42.4 Å². The van der Waals surface area contributed by atoms with Gasteiger partial charge in [-0.1, -0.05) is 18.2 Å². The molecule has 1 aliphatic heterocycles. The second-order valence-electron chi connectivity index (χ2n) is 5.83. The molecule has 0 saturated carbocycles. The fourth-order valence-electron chi connectivity index (χ4n) is 2.83. The van der Waals surface area contributed by atoms with Crippen molar-refractivity contribution in [1.29, 1.82) is 0 Å². The second-order valence-corrected chi connectivity index (χ2v) is 5.83. The fraction of sp³-hybridized carbons (Fsp3) is 0.647. The molecule has 1 N–H and O–H groups in total. The Kier molecular flexibility index (Phi) is 5.41. The van der Waals surface area contributed by atoms with E-state index in [-0.39, 0.29) is 0 Å².